The van der Waals surface area contributed by atoms with Crippen molar-refractivity contribution in [3.63, 3.8) is 0 Å². The number of hydrogen-bond donors (Lipinski definition) is 2. The first-order valence-corrected chi connectivity index (χ1v) is 8.31. The second-order valence-corrected chi connectivity index (χ2v) is 6.67. The Kier molecular flexibility index (Phi) is 6.27. The number of urea groups is 1. The number of carbonyl (C=O) groups excluding carboxylic acids is 1. The summed E-state index contributed by atoms with van der Waals surface area (Å²) in [5, 5.41) is 14.3. The SMILES string of the molecule is COCC[C@]1(O)CCN(C(=O)NCc2ccc(Cl)cc2)C[C@H]1C. The van der Waals surface area contributed by atoms with E-state index < -0.39 is 5.60 Å². The van der Waals surface area contributed by atoms with Gasteiger partial charge in [0.15, 0.2) is 0 Å². The van der Waals surface area contributed by atoms with E-state index in [1.807, 2.05) is 31.2 Å². The zero-order chi connectivity index (χ0) is 16.9. The number of nitrogens with zero attached hydrogens (tertiary/aromatic N) is 1. The molecule has 0 unspecified atom stereocenters. The van der Waals surface area contributed by atoms with Gasteiger partial charge >= 0.3 is 6.03 Å². The molecule has 0 aliphatic carbocycles. The standard InChI is InChI=1S/C17H25ClN2O3/c1-13-12-20(9-7-17(13,22)8-10-23-2)16(21)19-11-14-3-5-15(18)6-4-14/h3-6,13,22H,7-12H2,1-2H3,(H,19,21)/t13-,17-/m1/s1. The molecule has 1 fully saturated rings. The number of rotatable bonds is 5. The lowest BCUT2D eigenvalue weighted by atomic mass is 9.80. The topological polar surface area (TPSA) is 61.8 Å². The summed E-state index contributed by atoms with van der Waals surface area (Å²) in [6.07, 6.45) is 1.18. The van der Waals surface area contributed by atoms with Crippen molar-refractivity contribution in [1.82, 2.24) is 10.2 Å². The second-order valence-electron chi connectivity index (χ2n) is 6.23. The van der Waals surface area contributed by atoms with Crippen molar-refractivity contribution < 1.29 is 14.6 Å². The van der Waals surface area contributed by atoms with Gasteiger partial charge in [-0.25, -0.2) is 4.79 Å². The minimum atomic E-state index is -0.747. The first-order chi connectivity index (χ1) is 10.9. The molecule has 0 aromatic heterocycles. The van der Waals surface area contributed by atoms with Crippen LogP contribution in [0, 0.1) is 5.92 Å². The van der Waals surface area contributed by atoms with Crippen molar-refractivity contribution in [2.45, 2.75) is 31.9 Å². The van der Waals surface area contributed by atoms with Gasteiger partial charge in [0.05, 0.1) is 5.60 Å². The van der Waals surface area contributed by atoms with E-state index in [2.05, 4.69) is 5.32 Å². The van der Waals surface area contributed by atoms with Crippen molar-refractivity contribution in [2.75, 3.05) is 26.8 Å². The van der Waals surface area contributed by atoms with E-state index in [0.717, 1.165) is 5.56 Å². The maximum atomic E-state index is 12.3. The van der Waals surface area contributed by atoms with E-state index in [0.29, 0.717) is 44.1 Å². The van der Waals surface area contributed by atoms with Crippen LogP contribution in [0.25, 0.3) is 0 Å². The number of piperidine rings is 1. The molecule has 1 aliphatic rings. The van der Waals surface area contributed by atoms with Gasteiger partial charge in [-0.05, 0) is 30.5 Å². The van der Waals surface area contributed by atoms with Gasteiger partial charge < -0.3 is 20.1 Å². The molecular weight excluding hydrogens is 316 g/mol. The van der Waals surface area contributed by atoms with Gasteiger partial charge in [0, 0.05) is 44.3 Å². The third kappa shape index (κ3) is 4.83. The minimum Gasteiger partial charge on any atom is -0.389 e. The highest BCUT2D eigenvalue weighted by Gasteiger charge is 2.39. The highest BCUT2D eigenvalue weighted by Crippen LogP contribution is 2.30. The van der Waals surface area contributed by atoms with Gasteiger partial charge in [-0.1, -0.05) is 30.7 Å². The third-order valence-electron chi connectivity index (χ3n) is 4.61. The maximum absolute atomic E-state index is 12.3. The Balaban J connectivity index is 1.83. The molecule has 2 N–H and O–H groups in total. The van der Waals surface area contributed by atoms with E-state index in [1.54, 1.807) is 12.0 Å². The molecule has 0 bridgehead atoms. The van der Waals surface area contributed by atoms with Gasteiger partial charge in [-0.3, -0.25) is 0 Å². The van der Waals surface area contributed by atoms with Crippen molar-refractivity contribution in [3.8, 4) is 0 Å². The van der Waals surface area contributed by atoms with Crippen LogP contribution in [0.2, 0.25) is 5.02 Å². The summed E-state index contributed by atoms with van der Waals surface area (Å²) in [6.45, 7) is 4.08. The lowest BCUT2D eigenvalue weighted by molar-refractivity contribution is -0.0732. The van der Waals surface area contributed by atoms with Crippen LogP contribution in [0.4, 0.5) is 4.79 Å². The monoisotopic (exact) mass is 340 g/mol. The molecule has 0 saturated carbocycles. The molecule has 6 heteroatoms. The Hall–Kier alpha value is -1.30. The Labute approximate surface area is 142 Å². The average Bonchev–Trinajstić information content (AvgIpc) is 2.55. The summed E-state index contributed by atoms with van der Waals surface area (Å²) in [6, 6.07) is 7.31. The zero-order valence-electron chi connectivity index (χ0n) is 13.7. The van der Waals surface area contributed by atoms with Crippen LogP contribution in [-0.2, 0) is 11.3 Å². The molecule has 1 saturated heterocycles. The average molecular weight is 341 g/mol. The van der Waals surface area contributed by atoms with Crippen molar-refractivity contribution in [1.29, 1.82) is 0 Å². The largest absolute Gasteiger partial charge is 0.389 e. The minimum absolute atomic E-state index is 0.0210. The predicted octanol–water partition coefficient (Wildman–Crippen LogP) is 2.66. The molecule has 1 heterocycles. The fourth-order valence-electron chi connectivity index (χ4n) is 2.89. The highest BCUT2D eigenvalue weighted by atomic mass is 35.5. The molecule has 1 aliphatic heterocycles. The second kappa shape index (κ2) is 7.99. The molecule has 1 aromatic rings. The summed E-state index contributed by atoms with van der Waals surface area (Å²) in [5.41, 5.74) is 0.257. The van der Waals surface area contributed by atoms with Gasteiger partial charge in [0.25, 0.3) is 0 Å². The summed E-state index contributed by atoms with van der Waals surface area (Å²) in [4.78, 5) is 14.1. The van der Waals surface area contributed by atoms with Crippen molar-refractivity contribution in [3.05, 3.63) is 34.9 Å². The first kappa shape index (κ1) is 18.0. The Morgan fingerprint density at radius 1 is 1.48 bits per heavy atom. The molecule has 128 valence electrons. The zero-order valence-corrected chi connectivity index (χ0v) is 14.5. The van der Waals surface area contributed by atoms with Gasteiger partial charge in [-0.2, -0.15) is 0 Å². The summed E-state index contributed by atoms with van der Waals surface area (Å²) in [7, 11) is 1.63. The number of benzene rings is 1. The van der Waals surface area contributed by atoms with E-state index in [-0.39, 0.29) is 11.9 Å². The van der Waals surface area contributed by atoms with Crippen LogP contribution in [0.15, 0.2) is 24.3 Å². The molecule has 2 atom stereocenters. The van der Waals surface area contributed by atoms with E-state index in [9.17, 15) is 9.90 Å². The number of nitrogens with one attached hydrogen (secondary N) is 1. The maximum Gasteiger partial charge on any atom is 0.317 e. The summed E-state index contributed by atoms with van der Waals surface area (Å²) < 4.78 is 5.07. The molecule has 23 heavy (non-hydrogen) atoms. The predicted molar refractivity (Wildman–Crippen MR) is 90.5 cm³/mol. The molecule has 1 aromatic carbocycles. The fourth-order valence-corrected chi connectivity index (χ4v) is 3.02. The highest BCUT2D eigenvalue weighted by molar-refractivity contribution is 6.30. The Morgan fingerprint density at radius 3 is 2.78 bits per heavy atom. The van der Waals surface area contributed by atoms with Crippen LogP contribution in [0.1, 0.15) is 25.3 Å². The third-order valence-corrected chi connectivity index (χ3v) is 4.86. The molecule has 5 nitrogen and oxygen atoms in total. The molecule has 2 rings (SSSR count). The normalized spacial score (nSPS) is 24.5. The van der Waals surface area contributed by atoms with Gasteiger partial charge in [0.2, 0.25) is 0 Å². The van der Waals surface area contributed by atoms with E-state index in [1.165, 1.54) is 0 Å². The molecule has 2 amide bonds. The van der Waals surface area contributed by atoms with Crippen LogP contribution in [0.3, 0.4) is 0 Å². The molecular formula is C17H25ClN2O3. The van der Waals surface area contributed by atoms with Crippen molar-refractivity contribution in [2.24, 2.45) is 5.92 Å². The summed E-state index contributed by atoms with van der Waals surface area (Å²) >= 11 is 5.85. The van der Waals surface area contributed by atoms with Crippen LogP contribution < -0.4 is 5.32 Å². The number of ether oxygens (including phenoxy) is 1. The van der Waals surface area contributed by atoms with Crippen LogP contribution >= 0.6 is 11.6 Å². The van der Waals surface area contributed by atoms with Crippen molar-refractivity contribution >= 4 is 17.6 Å². The molecule has 0 radical (unpaired) electrons. The number of methoxy groups -OCH3 is 1. The van der Waals surface area contributed by atoms with Crippen LogP contribution in [-0.4, -0.2) is 48.4 Å². The first-order valence-electron chi connectivity index (χ1n) is 7.93. The number of amides is 2. The quantitative estimate of drug-likeness (QED) is 0.866. The Morgan fingerprint density at radius 2 is 2.17 bits per heavy atom. The smallest absolute Gasteiger partial charge is 0.317 e. The lowest BCUT2D eigenvalue weighted by Gasteiger charge is -2.43. The number of carbonyl (C=O) groups is 1. The van der Waals surface area contributed by atoms with Crippen LogP contribution in [0.5, 0.6) is 0 Å². The van der Waals surface area contributed by atoms with Gasteiger partial charge in [0.1, 0.15) is 0 Å². The number of hydrogen-bond acceptors (Lipinski definition) is 3. The number of halogens is 1. The van der Waals surface area contributed by atoms with E-state index in [4.69, 9.17) is 16.3 Å². The lowest BCUT2D eigenvalue weighted by Crippen LogP contribution is -2.54. The van der Waals surface area contributed by atoms with E-state index >= 15 is 0 Å². The summed E-state index contributed by atoms with van der Waals surface area (Å²) in [5.74, 6) is 0.0210. The molecule has 0 spiro atoms. The number of likely N-dealkylation sites (tertiary alicyclic amines) is 1. The number of aliphatic hydroxyl groups is 1. The Bertz CT molecular complexity index is 523. The van der Waals surface area contributed by atoms with Gasteiger partial charge in [-0.15, -0.1) is 0 Å². The fraction of sp³-hybridized carbons (Fsp3) is 0.588.